The Kier molecular flexibility index (Phi) is 6.02. The quantitative estimate of drug-likeness (QED) is 0.792. The zero-order valence-electron chi connectivity index (χ0n) is 14.0. The van der Waals surface area contributed by atoms with Crippen LogP contribution in [0.15, 0.2) is 48.5 Å². The molecule has 3 rings (SSSR count). The molecule has 5 nitrogen and oxygen atoms in total. The Morgan fingerprint density at radius 2 is 1.92 bits per heavy atom. The number of ether oxygens (including phenoxy) is 3. The molecule has 0 radical (unpaired) electrons. The lowest BCUT2D eigenvalue weighted by Gasteiger charge is -2.31. The van der Waals surface area contributed by atoms with E-state index >= 15 is 0 Å². The number of aliphatic hydroxyl groups excluding tert-OH is 1. The first-order valence-corrected chi connectivity index (χ1v) is 8.68. The molecule has 25 heavy (non-hydrogen) atoms. The largest absolute Gasteiger partial charge is 0.491 e. The number of hydrogen-bond acceptors (Lipinski definition) is 5. The molecular formula is C19H22ClNO4. The molecular weight excluding hydrogens is 342 g/mol. The predicted octanol–water partition coefficient (Wildman–Crippen LogP) is 2.90. The van der Waals surface area contributed by atoms with Crippen LogP contribution in [-0.2, 0) is 0 Å². The summed E-state index contributed by atoms with van der Waals surface area (Å²) in [6.45, 7) is 3.08. The number of para-hydroxylation sites is 2. The van der Waals surface area contributed by atoms with E-state index in [2.05, 4.69) is 5.32 Å². The molecule has 2 aromatic carbocycles. The minimum atomic E-state index is -0.630. The van der Waals surface area contributed by atoms with Gasteiger partial charge < -0.3 is 24.6 Å². The average molecular weight is 364 g/mol. The van der Waals surface area contributed by atoms with E-state index in [9.17, 15) is 5.11 Å². The van der Waals surface area contributed by atoms with E-state index in [0.717, 1.165) is 11.5 Å². The second-order valence-corrected chi connectivity index (χ2v) is 6.47. The highest BCUT2D eigenvalue weighted by Gasteiger charge is 2.26. The minimum Gasteiger partial charge on any atom is -0.491 e. The van der Waals surface area contributed by atoms with Crippen molar-refractivity contribution in [2.75, 3.05) is 19.8 Å². The molecule has 2 N–H and O–H groups in total. The maximum atomic E-state index is 10.1. The average Bonchev–Trinajstić information content (AvgIpc) is 2.65. The number of fused-ring (bicyclic) bond motifs is 1. The smallest absolute Gasteiger partial charge is 0.161 e. The molecule has 0 unspecified atom stereocenters. The van der Waals surface area contributed by atoms with E-state index in [1.807, 2.05) is 31.2 Å². The summed E-state index contributed by atoms with van der Waals surface area (Å²) in [5, 5.41) is 14.0. The molecule has 1 aliphatic heterocycles. The highest BCUT2D eigenvalue weighted by atomic mass is 35.5. The van der Waals surface area contributed by atoms with Crippen molar-refractivity contribution in [3.63, 3.8) is 0 Å². The van der Waals surface area contributed by atoms with Crippen molar-refractivity contribution in [2.24, 2.45) is 0 Å². The van der Waals surface area contributed by atoms with E-state index in [0.29, 0.717) is 23.9 Å². The van der Waals surface area contributed by atoms with Gasteiger partial charge in [-0.1, -0.05) is 23.7 Å². The van der Waals surface area contributed by atoms with Gasteiger partial charge in [0.2, 0.25) is 0 Å². The van der Waals surface area contributed by atoms with Crippen LogP contribution < -0.4 is 19.5 Å². The Bertz CT molecular complexity index is 679. The molecule has 0 amide bonds. The summed E-state index contributed by atoms with van der Waals surface area (Å²) in [5.74, 6) is 2.19. The van der Waals surface area contributed by atoms with Crippen LogP contribution in [0.25, 0.3) is 0 Å². The van der Waals surface area contributed by atoms with Crippen molar-refractivity contribution < 1.29 is 19.3 Å². The molecule has 0 aliphatic carbocycles. The molecule has 134 valence electrons. The second-order valence-electron chi connectivity index (χ2n) is 6.03. The lowest BCUT2D eigenvalue weighted by atomic mass is 10.1. The number of benzene rings is 2. The van der Waals surface area contributed by atoms with Crippen LogP contribution in [0.5, 0.6) is 17.2 Å². The molecule has 1 aliphatic rings. The van der Waals surface area contributed by atoms with Gasteiger partial charge in [0, 0.05) is 17.6 Å². The molecule has 2 aromatic rings. The summed E-state index contributed by atoms with van der Waals surface area (Å²) in [4.78, 5) is 0. The number of halogens is 1. The van der Waals surface area contributed by atoms with Crippen molar-refractivity contribution in [1.82, 2.24) is 5.32 Å². The Hall–Kier alpha value is -1.95. The number of nitrogens with one attached hydrogen (secondary N) is 1. The van der Waals surface area contributed by atoms with Gasteiger partial charge in [-0.25, -0.2) is 0 Å². The van der Waals surface area contributed by atoms with Gasteiger partial charge in [0.05, 0.1) is 0 Å². The summed E-state index contributed by atoms with van der Waals surface area (Å²) < 4.78 is 17.2. The molecule has 0 aromatic heterocycles. The van der Waals surface area contributed by atoms with Crippen LogP contribution in [-0.4, -0.2) is 43.1 Å². The van der Waals surface area contributed by atoms with E-state index in [-0.39, 0.29) is 18.8 Å². The zero-order chi connectivity index (χ0) is 17.6. The molecule has 1 heterocycles. The molecule has 0 fully saturated rings. The molecule has 0 saturated heterocycles. The predicted molar refractivity (Wildman–Crippen MR) is 96.8 cm³/mol. The Balaban J connectivity index is 1.41. The summed E-state index contributed by atoms with van der Waals surface area (Å²) >= 11 is 5.83. The Morgan fingerprint density at radius 3 is 2.68 bits per heavy atom. The van der Waals surface area contributed by atoms with Gasteiger partial charge in [-0.05, 0) is 43.3 Å². The van der Waals surface area contributed by atoms with Crippen LogP contribution in [0.2, 0.25) is 5.02 Å². The third-order valence-corrected chi connectivity index (χ3v) is 4.27. The first kappa shape index (κ1) is 17.9. The normalized spacial score (nSPS) is 18.4. The maximum Gasteiger partial charge on any atom is 0.161 e. The van der Waals surface area contributed by atoms with Crippen LogP contribution >= 0.6 is 11.6 Å². The van der Waals surface area contributed by atoms with Gasteiger partial charge in [-0.15, -0.1) is 0 Å². The van der Waals surface area contributed by atoms with Crippen LogP contribution in [0.3, 0.4) is 0 Å². The summed E-state index contributed by atoms with van der Waals surface area (Å²) in [5.41, 5.74) is 0. The fourth-order valence-corrected chi connectivity index (χ4v) is 2.64. The van der Waals surface area contributed by atoms with Crippen molar-refractivity contribution in [2.45, 2.75) is 25.2 Å². The lowest BCUT2D eigenvalue weighted by molar-refractivity contribution is 0.0557. The summed E-state index contributed by atoms with van der Waals surface area (Å²) in [7, 11) is 0. The van der Waals surface area contributed by atoms with E-state index in [1.54, 1.807) is 24.3 Å². The highest BCUT2D eigenvalue weighted by molar-refractivity contribution is 6.30. The SMILES string of the molecule is C[C@@H](NC[C@H](O)COc1ccc(Cl)cc1)[C@H]1COc2ccccc2O1. The number of hydrogen-bond donors (Lipinski definition) is 2. The monoisotopic (exact) mass is 363 g/mol. The minimum absolute atomic E-state index is 0.0264. The van der Waals surface area contributed by atoms with Gasteiger partial charge >= 0.3 is 0 Å². The molecule has 6 heteroatoms. The summed E-state index contributed by atoms with van der Waals surface area (Å²) in [6, 6.07) is 14.7. The molecule has 0 bridgehead atoms. The van der Waals surface area contributed by atoms with E-state index < -0.39 is 6.10 Å². The number of aliphatic hydroxyl groups is 1. The fourth-order valence-electron chi connectivity index (χ4n) is 2.52. The van der Waals surface area contributed by atoms with Crippen LogP contribution in [0.1, 0.15) is 6.92 Å². The van der Waals surface area contributed by atoms with Crippen molar-refractivity contribution in [3.8, 4) is 17.2 Å². The van der Waals surface area contributed by atoms with E-state index in [4.69, 9.17) is 25.8 Å². The molecule has 0 saturated carbocycles. The third-order valence-electron chi connectivity index (χ3n) is 4.02. The number of rotatable bonds is 7. The van der Waals surface area contributed by atoms with E-state index in [1.165, 1.54) is 0 Å². The van der Waals surface area contributed by atoms with Crippen molar-refractivity contribution >= 4 is 11.6 Å². The molecule has 0 spiro atoms. The topological polar surface area (TPSA) is 60.0 Å². The first-order valence-electron chi connectivity index (χ1n) is 8.30. The zero-order valence-corrected chi connectivity index (χ0v) is 14.8. The highest BCUT2D eigenvalue weighted by Crippen LogP contribution is 2.31. The van der Waals surface area contributed by atoms with Crippen molar-refractivity contribution in [3.05, 3.63) is 53.6 Å². The lowest BCUT2D eigenvalue weighted by Crippen LogP contribution is -2.48. The molecule has 3 atom stereocenters. The van der Waals surface area contributed by atoms with Crippen LogP contribution in [0, 0.1) is 0 Å². The van der Waals surface area contributed by atoms with Gasteiger partial charge in [-0.2, -0.15) is 0 Å². The first-order chi connectivity index (χ1) is 12.1. The summed E-state index contributed by atoms with van der Waals surface area (Å²) in [6.07, 6.45) is -0.741. The van der Waals surface area contributed by atoms with Gasteiger partial charge in [-0.3, -0.25) is 0 Å². The maximum absolute atomic E-state index is 10.1. The third kappa shape index (κ3) is 5.01. The van der Waals surface area contributed by atoms with Crippen molar-refractivity contribution in [1.29, 1.82) is 0 Å². The van der Waals surface area contributed by atoms with Gasteiger partial charge in [0.25, 0.3) is 0 Å². The Morgan fingerprint density at radius 1 is 1.20 bits per heavy atom. The second kappa shape index (κ2) is 8.43. The standard InChI is InChI=1S/C19H22ClNO4/c1-13(19-12-24-17-4-2-3-5-18(17)25-19)21-10-15(22)11-23-16-8-6-14(20)7-9-16/h2-9,13,15,19,21-22H,10-12H2,1H3/t13-,15+,19-/m1/s1. The van der Waals surface area contributed by atoms with Gasteiger partial charge in [0.15, 0.2) is 11.5 Å². The fraction of sp³-hybridized carbons (Fsp3) is 0.368. The van der Waals surface area contributed by atoms with Gasteiger partial charge in [0.1, 0.15) is 31.2 Å². The Labute approximate surface area is 152 Å². The van der Waals surface area contributed by atoms with Crippen LogP contribution in [0.4, 0.5) is 0 Å².